The Kier molecular flexibility index (Phi) is 3.98. The molecule has 0 aliphatic carbocycles. The lowest BCUT2D eigenvalue weighted by molar-refractivity contribution is -0.130. The molecule has 0 saturated carbocycles. The predicted octanol–water partition coefficient (Wildman–Crippen LogP) is 1.89. The van der Waals surface area contributed by atoms with Crippen molar-refractivity contribution in [3.63, 3.8) is 0 Å². The van der Waals surface area contributed by atoms with E-state index >= 15 is 0 Å². The standard InChI is InChI=1S/C12H14O5/c1-7(2)12(14)17-11-6-9(15-3)8(13)5-10(11)16-4/h5-6,13H,1H2,2-4H3. The van der Waals surface area contributed by atoms with Gasteiger partial charge in [0.25, 0.3) is 0 Å². The SMILES string of the molecule is C=C(C)C(=O)Oc1cc(OC)c(O)cc1OC. The molecule has 1 N–H and O–H groups in total. The monoisotopic (exact) mass is 238 g/mol. The highest BCUT2D eigenvalue weighted by Crippen LogP contribution is 2.38. The van der Waals surface area contributed by atoms with Crippen molar-refractivity contribution in [2.75, 3.05) is 14.2 Å². The zero-order valence-corrected chi connectivity index (χ0v) is 9.94. The molecule has 1 aromatic rings. The molecule has 0 bridgehead atoms. The number of benzene rings is 1. The van der Waals surface area contributed by atoms with Gasteiger partial charge in [0.15, 0.2) is 23.0 Å². The summed E-state index contributed by atoms with van der Waals surface area (Å²) in [4.78, 5) is 11.4. The van der Waals surface area contributed by atoms with Crippen LogP contribution >= 0.6 is 0 Å². The third-order valence-corrected chi connectivity index (χ3v) is 2.02. The van der Waals surface area contributed by atoms with E-state index in [-0.39, 0.29) is 28.6 Å². The maximum Gasteiger partial charge on any atom is 0.338 e. The molecule has 0 unspecified atom stereocenters. The van der Waals surface area contributed by atoms with E-state index in [0.717, 1.165) is 0 Å². The van der Waals surface area contributed by atoms with E-state index in [2.05, 4.69) is 6.58 Å². The maximum absolute atomic E-state index is 11.4. The quantitative estimate of drug-likeness (QED) is 0.493. The lowest BCUT2D eigenvalue weighted by Crippen LogP contribution is -2.09. The molecule has 0 spiro atoms. The van der Waals surface area contributed by atoms with E-state index in [0.29, 0.717) is 0 Å². The summed E-state index contributed by atoms with van der Waals surface area (Å²) in [7, 11) is 2.80. The summed E-state index contributed by atoms with van der Waals surface area (Å²) in [5, 5.41) is 9.53. The van der Waals surface area contributed by atoms with Crippen LogP contribution in [0.15, 0.2) is 24.3 Å². The van der Waals surface area contributed by atoms with Gasteiger partial charge in [-0.1, -0.05) is 6.58 Å². The zero-order valence-electron chi connectivity index (χ0n) is 9.94. The van der Waals surface area contributed by atoms with E-state index in [4.69, 9.17) is 14.2 Å². The van der Waals surface area contributed by atoms with Crippen molar-refractivity contribution in [1.82, 2.24) is 0 Å². The Labute approximate surface area is 99.2 Å². The molecular formula is C12H14O5. The van der Waals surface area contributed by atoms with Gasteiger partial charge in [-0.25, -0.2) is 4.79 Å². The van der Waals surface area contributed by atoms with Gasteiger partial charge in [-0.2, -0.15) is 0 Å². The van der Waals surface area contributed by atoms with Crippen molar-refractivity contribution in [3.05, 3.63) is 24.3 Å². The van der Waals surface area contributed by atoms with E-state index < -0.39 is 5.97 Å². The van der Waals surface area contributed by atoms with Gasteiger partial charge in [0, 0.05) is 17.7 Å². The number of carbonyl (C=O) groups excluding carboxylic acids is 1. The van der Waals surface area contributed by atoms with Crippen LogP contribution in [0.2, 0.25) is 0 Å². The van der Waals surface area contributed by atoms with E-state index in [1.165, 1.54) is 33.3 Å². The van der Waals surface area contributed by atoms with Crippen LogP contribution in [0.1, 0.15) is 6.92 Å². The van der Waals surface area contributed by atoms with E-state index in [1.807, 2.05) is 0 Å². The van der Waals surface area contributed by atoms with Crippen LogP contribution in [0.4, 0.5) is 0 Å². The van der Waals surface area contributed by atoms with Gasteiger partial charge in [0.05, 0.1) is 14.2 Å². The van der Waals surface area contributed by atoms with Crippen LogP contribution in [0, 0.1) is 0 Å². The topological polar surface area (TPSA) is 65.0 Å². The second-order valence-electron chi connectivity index (χ2n) is 3.34. The van der Waals surface area contributed by atoms with Gasteiger partial charge >= 0.3 is 5.97 Å². The minimum atomic E-state index is -0.573. The molecule has 0 aromatic heterocycles. The van der Waals surface area contributed by atoms with Crippen molar-refractivity contribution in [3.8, 4) is 23.0 Å². The average molecular weight is 238 g/mol. The molecule has 5 heteroatoms. The lowest BCUT2D eigenvalue weighted by atomic mass is 10.2. The van der Waals surface area contributed by atoms with Gasteiger partial charge < -0.3 is 19.3 Å². The third kappa shape index (κ3) is 2.90. The van der Waals surface area contributed by atoms with Crippen LogP contribution in [0.3, 0.4) is 0 Å². The summed E-state index contributed by atoms with van der Waals surface area (Å²) in [5.41, 5.74) is 0.263. The number of phenols is 1. The summed E-state index contributed by atoms with van der Waals surface area (Å²) in [6.07, 6.45) is 0. The Bertz CT molecular complexity index is 450. The number of esters is 1. The first-order valence-electron chi connectivity index (χ1n) is 4.82. The predicted molar refractivity (Wildman–Crippen MR) is 61.7 cm³/mol. The number of ether oxygens (including phenoxy) is 3. The van der Waals surface area contributed by atoms with Crippen LogP contribution in [0.5, 0.6) is 23.0 Å². The smallest absolute Gasteiger partial charge is 0.338 e. The average Bonchev–Trinajstić information content (AvgIpc) is 2.30. The molecule has 0 radical (unpaired) electrons. The van der Waals surface area contributed by atoms with Gasteiger partial charge in [0.2, 0.25) is 0 Å². The molecule has 0 heterocycles. The molecule has 0 aliphatic rings. The fraction of sp³-hybridized carbons (Fsp3) is 0.250. The molecule has 1 rings (SSSR count). The number of carbonyl (C=O) groups is 1. The fourth-order valence-corrected chi connectivity index (χ4v) is 1.12. The van der Waals surface area contributed by atoms with Crippen LogP contribution < -0.4 is 14.2 Å². The Morgan fingerprint density at radius 2 is 1.76 bits per heavy atom. The first-order chi connectivity index (χ1) is 7.99. The summed E-state index contributed by atoms with van der Waals surface area (Å²) >= 11 is 0. The summed E-state index contributed by atoms with van der Waals surface area (Å²) < 4.78 is 14.9. The van der Waals surface area contributed by atoms with Crippen LogP contribution in [-0.2, 0) is 4.79 Å². The number of hydrogen-bond donors (Lipinski definition) is 1. The molecule has 1 aromatic carbocycles. The molecule has 0 fully saturated rings. The Hall–Kier alpha value is -2.17. The second kappa shape index (κ2) is 5.25. The van der Waals surface area contributed by atoms with Crippen molar-refractivity contribution >= 4 is 5.97 Å². The van der Waals surface area contributed by atoms with Gasteiger partial charge in [-0.05, 0) is 6.92 Å². The molecule has 0 aliphatic heterocycles. The van der Waals surface area contributed by atoms with Gasteiger partial charge in [-0.3, -0.25) is 0 Å². The first-order valence-corrected chi connectivity index (χ1v) is 4.82. The highest BCUT2D eigenvalue weighted by molar-refractivity contribution is 5.89. The number of rotatable bonds is 4. The Balaban J connectivity index is 3.12. The van der Waals surface area contributed by atoms with Crippen LogP contribution in [0.25, 0.3) is 0 Å². The zero-order chi connectivity index (χ0) is 13.0. The van der Waals surface area contributed by atoms with Crippen molar-refractivity contribution in [1.29, 1.82) is 0 Å². The summed E-state index contributed by atoms with van der Waals surface area (Å²) in [5.74, 6) is -0.0844. The van der Waals surface area contributed by atoms with Crippen molar-refractivity contribution in [2.24, 2.45) is 0 Å². The number of hydrogen-bond acceptors (Lipinski definition) is 5. The van der Waals surface area contributed by atoms with Gasteiger partial charge in [-0.15, -0.1) is 0 Å². The molecule has 5 nitrogen and oxygen atoms in total. The van der Waals surface area contributed by atoms with Crippen molar-refractivity contribution in [2.45, 2.75) is 6.92 Å². The van der Waals surface area contributed by atoms with E-state index in [9.17, 15) is 9.90 Å². The molecule has 92 valence electrons. The molecule has 17 heavy (non-hydrogen) atoms. The maximum atomic E-state index is 11.4. The number of aromatic hydroxyl groups is 1. The highest BCUT2D eigenvalue weighted by Gasteiger charge is 2.15. The fourth-order valence-electron chi connectivity index (χ4n) is 1.12. The lowest BCUT2D eigenvalue weighted by Gasteiger charge is -2.11. The first kappa shape index (κ1) is 12.9. The number of methoxy groups -OCH3 is 2. The molecule has 0 amide bonds. The molecule has 0 atom stereocenters. The largest absolute Gasteiger partial charge is 0.504 e. The van der Waals surface area contributed by atoms with Crippen molar-refractivity contribution < 1.29 is 24.1 Å². The minimum Gasteiger partial charge on any atom is -0.504 e. The second-order valence-corrected chi connectivity index (χ2v) is 3.34. The van der Waals surface area contributed by atoms with Crippen LogP contribution in [-0.4, -0.2) is 25.3 Å². The summed E-state index contributed by atoms with van der Waals surface area (Å²) in [6, 6.07) is 2.68. The van der Waals surface area contributed by atoms with E-state index in [1.54, 1.807) is 0 Å². The normalized spacial score (nSPS) is 9.59. The Morgan fingerprint density at radius 1 is 1.18 bits per heavy atom. The summed E-state index contributed by atoms with van der Waals surface area (Å²) in [6.45, 7) is 5.01. The van der Waals surface area contributed by atoms with Gasteiger partial charge in [0.1, 0.15) is 0 Å². The molecule has 0 saturated heterocycles. The number of phenolic OH excluding ortho intramolecular Hbond substituents is 1. The Morgan fingerprint density at radius 3 is 2.24 bits per heavy atom. The molecular weight excluding hydrogens is 224 g/mol. The minimum absolute atomic E-state index is 0.0977. The third-order valence-electron chi connectivity index (χ3n) is 2.02. The highest BCUT2D eigenvalue weighted by atomic mass is 16.6.